The molecule has 3 unspecified atom stereocenters. The molecule has 2 N–H and O–H groups in total. The van der Waals surface area contributed by atoms with Gasteiger partial charge in [-0.3, -0.25) is 19.7 Å². The molecule has 1 aromatic rings. The van der Waals surface area contributed by atoms with Gasteiger partial charge in [0.25, 0.3) is 0 Å². The third kappa shape index (κ3) is 5.84. The second kappa shape index (κ2) is 9.97. The zero-order valence-electron chi connectivity index (χ0n) is 19.0. The van der Waals surface area contributed by atoms with Gasteiger partial charge in [-0.05, 0) is 38.1 Å². The summed E-state index contributed by atoms with van der Waals surface area (Å²) in [6, 6.07) is 9.25. The summed E-state index contributed by atoms with van der Waals surface area (Å²) < 4.78 is 35.6. The van der Waals surface area contributed by atoms with Crippen molar-refractivity contribution in [2.75, 3.05) is 52.4 Å². The molecule has 3 aliphatic heterocycles. The Balaban J connectivity index is 1.22. The smallest absolute Gasteiger partial charge is 0.238 e. The minimum Gasteiger partial charge on any atom is -0.492 e. The Kier molecular flexibility index (Phi) is 7.23. The van der Waals surface area contributed by atoms with E-state index in [1.165, 1.54) is 0 Å². The van der Waals surface area contributed by atoms with Crippen molar-refractivity contribution < 1.29 is 22.7 Å². The summed E-state index contributed by atoms with van der Waals surface area (Å²) in [5, 5.41) is 15.8. The number of benzene rings is 1. The van der Waals surface area contributed by atoms with Crippen LogP contribution in [0.4, 0.5) is 0 Å². The molecule has 0 amide bonds. The molecule has 0 saturated carbocycles. The second-order valence-corrected chi connectivity index (χ2v) is 10.3. The first-order valence-electron chi connectivity index (χ1n) is 11.1. The van der Waals surface area contributed by atoms with Crippen molar-refractivity contribution in [1.29, 1.82) is 5.26 Å². The number of hydrogen-bond donors (Lipinski definition) is 1. The predicted octanol–water partition coefficient (Wildman–Crippen LogP) is 0.478. The lowest BCUT2D eigenvalue weighted by atomic mass is 10.1. The van der Waals surface area contributed by atoms with Crippen LogP contribution in [0.15, 0.2) is 34.9 Å². The molecule has 4 rings (SSSR count). The minimum atomic E-state index is -3.77. The maximum atomic E-state index is 11.8. The maximum absolute atomic E-state index is 11.8. The topological polar surface area (TPSA) is 121 Å². The predicted molar refractivity (Wildman–Crippen MR) is 121 cm³/mol. The van der Waals surface area contributed by atoms with E-state index in [0.29, 0.717) is 24.4 Å². The third-order valence-electron chi connectivity index (χ3n) is 6.20. The number of morpholine rings is 2. The van der Waals surface area contributed by atoms with E-state index in [0.717, 1.165) is 45.0 Å². The third-order valence-corrected chi connectivity index (χ3v) is 7.44. The fourth-order valence-electron chi connectivity index (χ4n) is 4.77. The van der Waals surface area contributed by atoms with Crippen molar-refractivity contribution in [1.82, 2.24) is 14.9 Å². The van der Waals surface area contributed by atoms with Crippen LogP contribution in [-0.4, -0.2) is 94.0 Å². The van der Waals surface area contributed by atoms with Gasteiger partial charge < -0.3 is 9.47 Å². The van der Waals surface area contributed by atoms with Gasteiger partial charge in [-0.2, -0.15) is 5.26 Å². The Hall–Kier alpha value is -2.20. The zero-order chi connectivity index (χ0) is 23.6. The summed E-state index contributed by atoms with van der Waals surface area (Å²) in [6.07, 6.45) is -0.311. The van der Waals surface area contributed by atoms with Crippen LogP contribution in [0.1, 0.15) is 19.4 Å². The summed E-state index contributed by atoms with van der Waals surface area (Å²) in [6.45, 7) is 9.46. The first kappa shape index (κ1) is 23.9. The average molecular weight is 478 g/mol. The molecule has 1 aromatic carbocycles. The van der Waals surface area contributed by atoms with E-state index in [2.05, 4.69) is 15.9 Å². The average Bonchev–Trinajstić information content (AvgIpc) is 3.05. The SMILES string of the molecule is CC1=C(S(N)(=O)=O)C(C)ON1CCN1CC2CN(CCOc3ccc(C#N)cc3)CC(C1)O2. The highest BCUT2D eigenvalue weighted by atomic mass is 32.2. The van der Waals surface area contributed by atoms with Crippen molar-refractivity contribution in [3.63, 3.8) is 0 Å². The Morgan fingerprint density at radius 2 is 1.70 bits per heavy atom. The number of allylic oxidation sites excluding steroid dienone is 1. The summed E-state index contributed by atoms with van der Waals surface area (Å²) in [5.41, 5.74) is 1.18. The first-order valence-corrected chi connectivity index (χ1v) is 12.7. The fourth-order valence-corrected chi connectivity index (χ4v) is 5.79. The van der Waals surface area contributed by atoms with Crippen LogP contribution in [0.2, 0.25) is 0 Å². The second-order valence-electron chi connectivity index (χ2n) is 8.73. The number of ether oxygens (including phenoxy) is 2. The van der Waals surface area contributed by atoms with Gasteiger partial charge in [0, 0.05) is 39.3 Å². The minimum absolute atomic E-state index is 0.127. The summed E-state index contributed by atoms with van der Waals surface area (Å²) in [5.74, 6) is 0.766. The van der Waals surface area contributed by atoms with Crippen LogP contribution >= 0.6 is 0 Å². The lowest BCUT2D eigenvalue weighted by Gasteiger charge is -2.46. The molecule has 3 heterocycles. The van der Waals surface area contributed by atoms with Gasteiger partial charge in [-0.1, -0.05) is 0 Å². The van der Waals surface area contributed by atoms with Crippen LogP contribution in [0.3, 0.4) is 0 Å². The largest absolute Gasteiger partial charge is 0.492 e. The molecule has 0 radical (unpaired) electrons. The van der Waals surface area contributed by atoms with E-state index in [1.54, 1.807) is 31.0 Å². The number of hydroxylamine groups is 2. The van der Waals surface area contributed by atoms with Gasteiger partial charge in [0.2, 0.25) is 10.0 Å². The highest BCUT2D eigenvalue weighted by Gasteiger charge is 2.37. The molecule has 2 bridgehead atoms. The molecule has 3 aliphatic rings. The summed E-state index contributed by atoms with van der Waals surface area (Å²) in [7, 11) is -3.77. The number of nitrogens with two attached hydrogens (primary N) is 1. The van der Waals surface area contributed by atoms with Gasteiger partial charge >= 0.3 is 0 Å². The van der Waals surface area contributed by atoms with Crippen LogP contribution in [0, 0.1) is 11.3 Å². The van der Waals surface area contributed by atoms with E-state index < -0.39 is 16.1 Å². The standard InChI is InChI=1S/C22H31N5O5S/c1-16-22(33(24,28)29)17(2)32-27(16)8-7-25-12-20-14-26(15-21(13-25)31-20)9-10-30-19-5-3-18(11-23)4-6-19/h3-6,17,20-21H,7-10,12-15H2,1-2H3,(H2,24,28,29). The molecule has 0 aromatic heterocycles. The molecule has 3 atom stereocenters. The quantitative estimate of drug-likeness (QED) is 0.570. The molecular weight excluding hydrogens is 446 g/mol. The highest BCUT2D eigenvalue weighted by molar-refractivity contribution is 7.93. The Labute approximate surface area is 195 Å². The fraction of sp³-hybridized carbons (Fsp3) is 0.591. The molecular formula is C22H31N5O5S. The van der Waals surface area contributed by atoms with Gasteiger partial charge in [-0.15, -0.1) is 0 Å². The van der Waals surface area contributed by atoms with E-state index in [9.17, 15) is 8.42 Å². The molecule has 33 heavy (non-hydrogen) atoms. The van der Waals surface area contributed by atoms with Crippen LogP contribution in [-0.2, 0) is 19.6 Å². The highest BCUT2D eigenvalue weighted by Crippen LogP contribution is 2.28. The van der Waals surface area contributed by atoms with E-state index in [-0.39, 0.29) is 17.1 Å². The monoisotopic (exact) mass is 477 g/mol. The Bertz CT molecular complexity index is 1010. The number of fused-ring (bicyclic) bond motifs is 2. The molecule has 11 heteroatoms. The molecule has 180 valence electrons. The van der Waals surface area contributed by atoms with Crippen molar-refractivity contribution in [2.45, 2.75) is 32.2 Å². The van der Waals surface area contributed by atoms with Crippen molar-refractivity contribution in [3.05, 3.63) is 40.4 Å². The molecule has 0 aliphatic carbocycles. The van der Waals surface area contributed by atoms with Gasteiger partial charge in [0.05, 0.1) is 36.1 Å². The Morgan fingerprint density at radius 3 is 2.24 bits per heavy atom. The van der Waals surface area contributed by atoms with Crippen molar-refractivity contribution >= 4 is 10.0 Å². The zero-order valence-corrected chi connectivity index (χ0v) is 19.8. The molecule has 10 nitrogen and oxygen atoms in total. The maximum Gasteiger partial charge on any atom is 0.238 e. The van der Waals surface area contributed by atoms with E-state index in [1.807, 2.05) is 12.1 Å². The number of primary sulfonamides is 1. The summed E-state index contributed by atoms with van der Waals surface area (Å²) in [4.78, 5) is 10.6. The number of hydrogen-bond acceptors (Lipinski definition) is 9. The number of nitrogens with zero attached hydrogens (tertiary/aromatic N) is 4. The van der Waals surface area contributed by atoms with Crippen molar-refractivity contribution in [2.24, 2.45) is 5.14 Å². The summed E-state index contributed by atoms with van der Waals surface area (Å²) >= 11 is 0. The van der Waals surface area contributed by atoms with Crippen LogP contribution < -0.4 is 9.88 Å². The van der Waals surface area contributed by atoms with Gasteiger partial charge in [0.1, 0.15) is 23.4 Å². The molecule has 2 fully saturated rings. The lowest BCUT2D eigenvalue weighted by molar-refractivity contribution is -0.156. The number of nitriles is 1. The molecule has 2 saturated heterocycles. The van der Waals surface area contributed by atoms with Crippen LogP contribution in [0.25, 0.3) is 0 Å². The number of sulfonamides is 1. The lowest BCUT2D eigenvalue weighted by Crippen LogP contribution is -2.60. The van der Waals surface area contributed by atoms with E-state index >= 15 is 0 Å². The van der Waals surface area contributed by atoms with Gasteiger partial charge in [-0.25, -0.2) is 13.6 Å². The first-order chi connectivity index (χ1) is 15.7. The Morgan fingerprint density at radius 1 is 1.09 bits per heavy atom. The van der Waals surface area contributed by atoms with Crippen molar-refractivity contribution in [3.8, 4) is 11.8 Å². The van der Waals surface area contributed by atoms with Gasteiger partial charge in [0.15, 0.2) is 0 Å². The van der Waals surface area contributed by atoms with E-state index in [4.69, 9.17) is 24.7 Å². The molecule has 0 spiro atoms. The number of rotatable bonds is 8. The normalized spacial score (nSPS) is 26.5. The van der Waals surface area contributed by atoms with Crippen LogP contribution in [0.5, 0.6) is 5.75 Å².